The molecule has 0 bridgehead atoms. The summed E-state index contributed by atoms with van der Waals surface area (Å²) in [7, 11) is 1.48. The topological polar surface area (TPSA) is 163 Å². The van der Waals surface area contributed by atoms with Crippen molar-refractivity contribution in [3.8, 4) is 17.3 Å². The second kappa shape index (κ2) is 15.2. The van der Waals surface area contributed by atoms with Crippen LogP contribution in [0.3, 0.4) is 0 Å². The first-order valence-corrected chi connectivity index (χ1v) is 17.7. The summed E-state index contributed by atoms with van der Waals surface area (Å²) in [4.78, 5) is 54.8. The average molecular weight is 732 g/mol. The van der Waals surface area contributed by atoms with Crippen molar-refractivity contribution in [3.63, 3.8) is 0 Å². The summed E-state index contributed by atoms with van der Waals surface area (Å²) in [5.74, 6) is 0.320. The van der Waals surface area contributed by atoms with Gasteiger partial charge < -0.3 is 25.6 Å². The molecule has 3 N–H and O–H groups in total. The van der Waals surface area contributed by atoms with Crippen LogP contribution in [0.25, 0.3) is 11.3 Å². The van der Waals surface area contributed by atoms with Crippen LogP contribution in [0, 0.1) is 0 Å². The molecule has 53 heavy (non-hydrogen) atoms. The number of aromatic nitrogens is 6. The van der Waals surface area contributed by atoms with E-state index < -0.39 is 11.7 Å². The van der Waals surface area contributed by atoms with Gasteiger partial charge in [-0.2, -0.15) is 18.2 Å². The number of nitrogens with one attached hydrogen (secondary N) is 3. The van der Waals surface area contributed by atoms with Crippen LogP contribution in [0.2, 0.25) is 0 Å². The Labute approximate surface area is 304 Å². The van der Waals surface area contributed by atoms with Gasteiger partial charge in [0, 0.05) is 67.8 Å². The minimum atomic E-state index is -4.63. The number of piperidine rings is 1. The molecule has 1 aliphatic carbocycles. The Kier molecular flexibility index (Phi) is 10.2. The minimum Gasteiger partial charge on any atom is -0.467 e. The third-order valence-electron chi connectivity index (χ3n) is 10.2. The van der Waals surface area contributed by atoms with Crippen LogP contribution in [-0.4, -0.2) is 79.7 Å². The molecular weight excluding hydrogens is 691 g/mol. The molecular formula is C36H40F3N11O3. The molecule has 3 fully saturated rings. The Hall–Kier alpha value is -5.61. The van der Waals surface area contributed by atoms with Crippen LogP contribution in [-0.2, 0) is 17.5 Å². The standard InChI is InChI=1S/C36H40F3N11O3/c1-53-33-43-18-24(19-44-33)28-21-41-29(22-40-28)50(34(52)45-17-23-5-3-2-4-6-23)26-9-7-25(8-10-26)46-32-42-20-27(36(37,38)39)31(47-32)49-15-13-35(14-16-49)12-11-30(51)48-35/h2-6,18-22,25-26H,7-17H2,1H3,(H,45,52)(H,48,51)(H,42,46,47)/t25-,26-. The maximum absolute atomic E-state index is 14.1. The van der Waals surface area contributed by atoms with Crippen LogP contribution in [0.1, 0.15) is 62.5 Å². The lowest BCUT2D eigenvalue weighted by Gasteiger charge is -2.40. The fraction of sp³-hybridized carbons (Fsp3) is 0.444. The summed E-state index contributed by atoms with van der Waals surface area (Å²) >= 11 is 0. The van der Waals surface area contributed by atoms with Gasteiger partial charge in [0.1, 0.15) is 11.4 Å². The number of urea groups is 1. The molecule has 7 rings (SSSR count). The van der Waals surface area contributed by atoms with Gasteiger partial charge in [-0.05, 0) is 50.5 Å². The van der Waals surface area contributed by atoms with Crippen molar-refractivity contribution < 1.29 is 27.5 Å². The van der Waals surface area contributed by atoms with Crippen LogP contribution in [0.4, 0.5) is 35.5 Å². The van der Waals surface area contributed by atoms with Crippen molar-refractivity contribution in [2.45, 2.75) is 81.7 Å². The predicted octanol–water partition coefficient (Wildman–Crippen LogP) is 5.14. The molecule has 3 amide bonds. The van der Waals surface area contributed by atoms with Crippen molar-refractivity contribution in [2.75, 3.05) is 35.3 Å². The van der Waals surface area contributed by atoms with Gasteiger partial charge in [0.15, 0.2) is 5.82 Å². The first kappa shape index (κ1) is 35.8. The lowest BCUT2D eigenvalue weighted by atomic mass is 9.86. The summed E-state index contributed by atoms with van der Waals surface area (Å²) in [5.41, 5.74) is 0.863. The maximum atomic E-state index is 14.1. The number of rotatable bonds is 9. The summed E-state index contributed by atoms with van der Waals surface area (Å²) in [6.07, 6.45) is 7.09. The number of anilines is 3. The van der Waals surface area contributed by atoms with E-state index in [9.17, 15) is 22.8 Å². The lowest BCUT2D eigenvalue weighted by molar-refractivity contribution is -0.137. The largest absolute Gasteiger partial charge is 0.467 e. The van der Waals surface area contributed by atoms with Crippen LogP contribution >= 0.6 is 0 Å². The highest BCUT2D eigenvalue weighted by atomic mass is 19.4. The third-order valence-corrected chi connectivity index (χ3v) is 10.2. The molecule has 1 aromatic carbocycles. The normalized spacial score (nSPS) is 19.8. The second-order valence-corrected chi connectivity index (χ2v) is 13.6. The first-order chi connectivity index (χ1) is 25.6. The van der Waals surface area contributed by atoms with Crippen molar-refractivity contribution in [2.24, 2.45) is 0 Å². The number of hydrogen-bond acceptors (Lipinski definition) is 11. The maximum Gasteiger partial charge on any atom is 0.421 e. The van der Waals surface area contributed by atoms with Crippen molar-refractivity contribution >= 4 is 29.5 Å². The molecule has 0 radical (unpaired) electrons. The Morgan fingerprint density at radius 1 is 0.962 bits per heavy atom. The molecule has 3 aromatic heterocycles. The van der Waals surface area contributed by atoms with E-state index in [-0.39, 0.29) is 47.3 Å². The highest BCUT2D eigenvalue weighted by Crippen LogP contribution is 2.39. The molecule has 4 aromatic rings. The van der Waals surface area contributed by atoms with Gasteiger partial charge in [-0.15, -0.1) is 0 Å². The third kappa shape index (κ3) is 8.23. The van der Waals surface area contributed by atoms with E-state index in [1.807, 2.05) is 30.3 Å². The monoisotopic (exact) mass is 731 g/mol. The van der Waals surface area contributed by atoms with Gasteiger partial charge in [0.25, 0.3) is 0 Å². The highest BCUT2D eigenvalue weighted by Gasteiger charge is 2.43. The molecule has 3 aliphatic rings. The molecule has 1 saturated carbocycles. The Morgan fingerprint density at radius 3 is 2.32 bits per heavy atom. The molecule has 0 unspecified atom stereocenters. The molecule has 0 atom stereocenters. The number of methoxy groups -OCH3 is 1. The Balaban J connectivity index is 1.04. The predicted molar refractivity (Wildman–Crippen MR) is 189 cm³/mol. The summed E-state index contributed by atoms with van der Waals surface area (Å²) < 4.78 is 47.4. The summed E-state index contributed by atoms with van der Waals surface area (Å²) in [6, 6.07) is 9.12. The van der Waals surface area contributed by atoms with E-state index >= 15 is 0 Å². The second-order valence-electron chi connectivity index (χ2n) is 13.6. The zero-order valence-electron chi connectivity index (χ0n) is 29.1. The lowest BCUT2D eigenvalue weighted by Crippen LogP contribution is -2.51. The van der Waals surface area contributed by atoms with Gasteiger partial charge in [-0.25, -0.2) is 24.7 Å². The van der Waals surface area contributed by atoms with E-state index in [1.165, 1.54) is 7.11 Å². The molecule has 14 nitrogen and oxygen atoms in total. The smallest absolute Gasteiger partial charge is 0.421 e. The highest BCUT2D eigenvalue weighted by molar-refractivity contribution is 5.91. The number of benzene rings is 1. The molecule has 2 aliphatic heterocycles. The van der Waals surface area contributed by atoms with Crippen molar-refractivity contribution in [1.82, 2.24) is 40.5 Å². The molecule has 5 heterocycles. The number of carbonyl (C=O) groups is 2. The van der Waals surface area contributed by atoms with Gasteiger partial charge in [-0.3, -0.25) is 14.7 Å². The SMILES string of the molecule is COc1ncc(-c2cnc(N(C(=O)NCc3ccccc3)[C@H]3CC[C@H](Nc4ncc(C(F)(F)F)c(N5CCC6(CCC(=O)N6)CC5)n4)CC3)cn2)cn1. The Bertz CT molecular complexity index is 1880. The van der Waals surface area contributed by atoms with Crippen molar-refractivity contribution in [1.29, 1.82) is 0 Å². The van der Waals surface area contributed by atoms with E-state index in [2.05, 4.69) is 45.9 Å². The fourth-order valence-corrected chi connectivity index (χ4v) is 7.30. The zero-order valence-corrected chi connectivity index (χ0v) is 29.1. The average Bonchev–Trinajstić information content (AvgIpc) is 3.54. The fourth-order valence-electron chi connectivity index (χ4n) is 7.30. The molecule has 278 valence electrons. The number of halogens is 3. The number of carbonyl (C=O) groups excluding carboxylic acids is 2. The van der Waals surface area contributed by atoms with Gasteiger partial charge in [0.2, 0.25) is 11.9 Å². The Morgan fingerprint density at radius 2 is 1.70 bits per heavy atom. The first-order valence-electron chi connectivity index (χ1n) is 17.7. The van der Waals surface area contributed by atoms with Crippen molar-refractivity contribution in [3.05, 3.63) is 72.4 Å². The van der Waals surface area contributed by atoms with E-state index in [4.69, 9.17) is 4.74 Å². The van der Waals surface area contributed by atoms with E-state index in [1.54, 1.807) is 34.6 Å². The number of amides is 3. The van der Waals surface area contributed by atoms with Gasteiger partial charge in [-0.1, -0.05) is 30.3 Å². The van der Waals surface area contributed by atoms with Gasteiger partial charge >= 0.3 is 18.2 Å². The number of ether oxygens (including phenoxy) is 1. The summed E-state index contributed by atoms with van der Waals surface area (Å²) in [5, 5.41) is 9.30. The van der Waals surface area contributed by atoms with Crippen LogP contribution in [0.15, 0.2) is 61.3 Å². The van der Waals surface area contributed by atoms with Crippen LogP contribution < -0.4 is 30.5 Å². The molecule has 1 spiro atoms. The van der Waals surface area contributed by atoms with Crippen LogP contribution in [0.5, 0.6) is 6.01 Å². The van der Waals surface area contributed by atoms with E-state index in [0.29, 0.717) is 88.1 Å². The number of hydrogen-bond donors (Lipinski definition) is 3. The zero-order chi connectivity index (χ0) is 37.0. The van der Waals surface area contributed by atoms with E-state index in [0.717, 1.165) is 11.8 Å². The molecule has 2 saturated heterocycles. The quantitative estimate of drug-likeness (QED) is 0.209. The number of nitrogens with zero attached hydrogens (tertiary/aromatic N) is 8. The van der Waals surface area contributed by atoms with Gasteiger partial charge in [0.05, 0.1) is 25.2 Å². The summed E-state index contributed by atoms with van der Waals surface area (Å²) in [6.45, 7) is 0.998. The molecule has 17 heteroatoms. The number of alkyl halides is 3. The minimum absolute atomic E-state index is 0.0142.